The van der Waals surface area contributed by atoms with E-state index in [-0.39, 0.29) is 43.7 Å². The van der Waals surface area contributed by atoms with Gasteiger partial charge in [-0.3, -0.25) is 18.6 Å². The highest BCUT2D eigenvalue weighted by molar-refractivity contribution is 7.86. The zero-order valence-corrected chi connectivity index (χ0v) is 23.4. The van der Waals surface area contributed by atoms with Crippen molar-refractivity contribution in [3.8, 4) is 0 Å². The van der Waals surface area contributed by atoms with Crippen LogP contribution < -0.4 is 0 Å². The van der Waals surface area contributed by atoms with E-state index in [1.165, 1.54) is 25.3 Å². The number of aliphatic hydroxyl groups excluding tert-OH is 1. The van der Waals surface area contributed by atoms with Gasteiger partial charge in [-0.2, -0.15) is 13.5 Å². The molecule has 5 aliphatic rings. The third-order valence-electron chi connectivity index (χ3n) is 10.4. The molecule has 0 amide bonds. The molecule has 1 aromatic heterocycles. The third kappa shape index (κ3) is 3.65. The maximum absolute atomic E-state index is 17.5. The molecule has 4 aliphatic carbocycles. The number of hydrogen-bond acceptors (Lipinski definition) is 9. The fraction of sp³-hybridized carbons (Fsp3) is 0.643. The van der Waals surface area contributed by atoms with Crippen molar-refractivity contribution in [2.75, 3.05) is 19.4 Å². The lowest BCUT2D eigenvalue weighted by molar-refractivity contribution is -0.267. The van der Waals surface area contributed by atoms with E-state index in [0.717, 1.165) is 6.26 Å². The number of carbonyl (C=O) groups is 2. The molecule has 3 fully saturated rings. The summed E-state index contributed by atoms with van der Waals surface area (Å²) in [5.41, 5.74) is -6.59. The van der Waals surface area contributed by atoms with Crippen LogP contribution in [0.4, 0.5) is 8.78 Å². The highest BCUT2D eigenvalue weighted by Gasteiger charge is 2.79. The molecule has 2 saturated carbocycles. The lowest BCUT2D eigenvalue weighted by atomic mass is 9.45. The molecular weight excluding hydrogens is 548 g/mol. The van der Waals surface area contributed by atoms with Gasteiger partial charge in [0.25, 0.3) is 10.1 Å². The van der Waals surface area contributed by atoms with E-state index >= 15 is 8.78 Å². The summed E-state index contributed by atoms with van der Waals surface area (Å²) in [6, 6.07) is 3.47. The molecule has 218 valence electrons. The van der Waals surface area contributed by atoms with Crippen molar-refractivity contribution in [2.45, 2.75) is 63.4 Å². The summed E-state index contributed by atoms with van der Waals surface area (Å²) >= 11 is 0. The van der Waals surface area contributed by atoms with Crippen molar-refractivity contribution >= 4 is 21.7 Å². The lowest BCUT2D eigenvalue weighted by Gasteiger charge is -2.62. The number of fused-ring (bicyclic) bond motifs is 7. The molecule has 1 aromatic rings. The molecule has 0 bridgehead atoms. The highest BCUT2D eigenvalue weighted by Crippen LogP contribution is 2.72. The number of aliphatic hydroxyl groups is 1. The summed E-state index contributed by atoms with van der Waals surface area (Å²) in [4.78, 5) is 32.5. The molecule has 1 saturated heterocycles. The highest BCUT2D eigenvalue weighted by atomic mass is 32.2. The number of hydroxylamine groups is 2. The molecule has 12 heteroatoms. The first kappa shape index (κ1) is 27.9. The summed E-state index contributed by atoms with van der Waals surface area (Å²) in [5, 5.41) is 13.2. The maximum atomic E-state index is 17.5. The Hall–Kier alpha value is -2.25. The number of Topliss-reactive ketones (excluding diaryl/α,β-unsaturated/α-hetero) is 1. The van der Waals surface area contributed by atoms with Crippen LogP contribution in [0.3, 0.4) is 0 Å². The zero-order valence-electron chi connectivity index (χ0n) is 22.6. The van der Waals surface area contributed by atoms with Crippen molar-refractivity contribution in [1.29, 1.82) is 0 Å². The number of furan rings is 1. The molecule has 0 radical (unpaired) electrons. The number of halogens is 2. The molecule has 1 N–H and O–H groups in total. The van der Waals surface area contributed by atoms with Crippen LogP contribution in [0.5, 0.6) is 0 Å². The minimum absolute atomic E-state index is 0.0628. The van der Waals surface area contributed by atoms with Gasteiger partial charge in [0.15, 0.2) is 22.8 Å². The van der Waals surface area contributed by atoms with Gasteiger partial charge in [0.1, 0.15) is 18.2 Å². The first-order chi connectivity index (χ1) is 18.7. The Morgan fingerprint density at radius 2 is 2.05 bits per heavy atom. The van der Waals surface area contributed by atoms with Gasteiger partial charge in [-0.1, -0.05) is 13.0 Å². The number of hydrogen-bond donors (Lipinski definition) is 1. The molecule has 9 nitrogen and oxygen atoms in total. The van der Waals surface area contributed by atoms with Crippen LogP contribution in [0.25, 0.3) is 0 Å². The van der Waals surface area contributed by atoms with Crippen LogP contribution in [0, 0.1) is 28.6 Å². The molecular formula is C28H33F2NO8S. The Bertz CT molecular complexity index is 1430. The van der Waals surface area contributed by atoms with E-state index in [2.05, 4.69) is 0 Å². The molecule has 40 heavy (non-hydrogen) atoms. The quantitative estimate of drug-likeness (QED) is 0.505. The maximum Gasteiger partial charge on any atom is 0.264 e. The zero-order chi connectivity index (χ0) is 28.9. The van der Waals surface area contributed by atoms with Crippen LogP contribution in [0.1, 0.15) is 45.3 Å². The first-order valence-electron chi connectivity index (χ1n) is 13.5. The fourth-order valence-electron chi connectivity index (χ4n) is 8.73. The van der Waals surface area contributed by atoms with Crippen LogP contribution in [0.2, 0.25) is 0 Å². The SMILES string of the molecule is C[C@]12C=CC(=O)CC1=C(F)C[C@H]1[C@@H]3C[C@H]4CN(Cc5ccco5)O[C@@]4(C(=O)COS(C)(=O)=O)[C@@]3(C)C[C@H](O)[C@@]12F. The van der Waals surface area contributed by atoms with Gasteiger partial charge in [-0.25, -0.2) is 8.78 Å². The van der Waals surface area contributed by atoms with E-state index in [4.69, 9.17) is 13.4 Å². The summed E-state index contributed by atoms with van der Waals surface area (Å²) < 4.78 is 67.1. The lowest BCUT2D eigenvalue weighted by Crippen LogP contribution is -2.69. The number of nitrogens with zero attached hydrogens (tertiary/aromatic N) is 1. The van der Waals surface area contributed by atoms with Crippen molar-refractivity contribution in [1.82, 2.24) is 5.06 Å². The second kappa shape index (κ2) is 8.87. The minimum atomic E-state index is -3.96. The van der Waals surface area contributed by atoms with Crippen LogP contribution in [0.15, 0.2) is 46.4 Å². The van der Waals surface area contributed by atoms with Crippen LogP contribution >= 0.6 is 0 Å². The average molecular weight is 582 g/mol. The van der Waals surface area contributed by atoms with Gasteiger partial charge in [-0.05, 0) is 49.5 Å². The van der Waals surface area contributed by atoms with E-state index in [9.17, 15) is 23.1 Å². The van der Waals surface area contributed by atoms with E-state index in [1.807, 2.05) is 0 Å². The third-order valence-corrected chi connectivity index (χ3v) is 11.0. The second-order valence-corrected chi connectivity index (χ2v) is 14.1. The molecule has 0 aromatic carbocycles. The number of carbonyl (C=O) groups excluding carboxylic acids is 2. The van der Waals surface area contributed by atoms with Crippen LogP contribution in [-0.2, 0) is 35.3 Å². The molecule has 2 heterocycles. The Labute approximate surface area is 231 Å². The first-order valence-corrected chi connectivity index (χ1v) is 15.3. The molecule has 0 unspecified atom stereocenters. The minimum Gasteiger partial charge on any atom is -0.468 e. The normalized spacial score (nSPS) is 42.9. The number of allylic oxidation sites excluding steroid dienone is 4. The summed E-state index contributed by atoms with van der Waals surface area (Å²) in [5.74, 6) is -3.04. The number of ketones is 2. The van der Waals surface area contributed by atoms with Crippen molar-refractivity contribution < 1.29 is 45.3 Å². The summed E-state index contributed by atoms with van der Waals surface area (Å²) in [7, 11) is -3.96. The number of alkyl halides is 1. The molecule has 0 spiro atoms. The van der Waals surface area contributed by atoms with E-state index in [0.29, 0.717) is 12.2 Å². The fourth-order valence-corrected chi connectivity index (χ4v) is 9.06. The Morgan fingerprint density at radius 1 is 1.30 bits per heavy atom. The number of rotatable bonds is 6. The Balaban J connectivity index is 1.43. The largest absolute Gasteiger partial charge is 0.468 e. The summed E-state index contributed by atoms with van der Waals surface area (Å²) in [6.07, 6.45) is 2.91. The molecule has 1 aliphatic heterocycles. The van der Waals surface area contributed by atoms with Gasteiger partial charge < -0.3 is 9.52 Å². The van der Waals surface area contributed by atoms with Crippen molar-refractivity contribution in [2.24, 2.45) is 28.6 Å². The summed E-state index contributed by atoms with van der Waals surface area (Å²) in [6.45, 7) is 2.96. The smallest absolute Gasteiger partial charge is 0.264 e. The second-order valence-electron chi connectivity index (χ2n) is 12.4. The standard InChI is InChI=1S/C28H33F2NO8S/c1-25-7-6-17(32)10-21(25)22(29)11-20-19-9-16-13-31(14-18-5-4-8-37-18)39-28(16,24(34)15-38-40(3,35)36)26(19,2)12-23(33)27(20,25)30/h4-8,16,19-20,23,33H,9-15H2,1-3H3/t16-,19-,20-,23-,25-,26-,27-,28-/m0/s1. The average Bonchev–Trinajstić information content (AvgIpc) is 3.56. The van der Waals surface area contributed by atoms with Gasteiger partial charge >= 0.3 is 0 Å². The van der Waals surface area contributed by atoms with Crippen molar-refractivity contribution in [3.63, 3.8) is 0 Å². The molecule has 8 atom stereocenters. The van der Waals surface area contributed by atoms with Gasteiger partial charge in [-0.15, -0.1) is 0 Å². The Kier molecular flexibility index (Phi) is 6.19. The van der Waals surface area contributed by atoms with Crippen LogP contribution in [-0.4, -0.2) is 66.9 Å². The molecule has 6 rings (SSSR count). The van der Waals surface area contributed by atoms with Crippen molar-refractivity contribution in [3.05, 3.63) is 47.7 Å². The van der Waals surface area contributed by atoms with Gasteiger partial charge in [0, 0.05) is 42.1 Å². The van der Waals surface area contributed by atoms with Gasteiger partial charge in [0.2, 0.25) is 0 Å². The van der Waals surface area contributed by atoms with E-state index in [1.54, 1.807) is 24.1 Å². The topological polar surface area (TPSA) is 123 Å². The Morgan fingerprint density at radius 3 is 2.73 bits per heavy atom. The van der Waals surface area contributed by atoms with Gasteiger partial charge in [0.05, 0.1) is 25.2 Å². The monoisotopic (exact) mass is 581 g/mol. The predicted octanol–water partition coefficient (Wildman–Crippen LogP) is 3.21. The van der Waals surface area contributed by atoms with E-state index < -0.39 is 74.3 Å². The predicted molar refractivity (Wildman–Crippen MR) is 136 cm³/mol.